The van der Waals surface area contributed by atoms with E-state index in [0.29, 0.717) is 29.8 Å². The van der Waals surface area contributed by atoms with Crippen LogP contribution in [-0.2, 0) is 11.3 Å². The minimum atomic E-state index is -0.807. The Kier molecular flexibility index (Phi) is 5.73. The average molecular weight is 368 g/mol. The average Bonchev–Trinajstić information content (AvgIpc) is 2.93. The van der Waals surface area contributed by atoms with Crippen LogP contribution in [0.3, 0.4) is 0 Å². The first kappa shape index (κ1) is 18.2. The number of amides is 3. The van der Waals surface area contributed by atoms with E-state index in [1.165, 1.54) is 0 Å². The van der Waals surface area contributed by atoms with Gasteiger partial charge in [-0.25, -0.2) is 0 Å². The Morgan fingerprint density at radius 3 is 2.15 bits per heavy atom. The van der Waals surface area contributed by atoms with Crippen LogP contribution in [0, 0.1) is 0 Å². The lowest BCUT2D eigenvalue weighted by Gasteiger charge is -2.25. The molecule has 0 aromatic heterocycles. The summed E-state index contributed by atoms with van der Waals surface area (Å²) in [5.41, 5.74) is 1.69. The van der Waals surface area contributed by atoms with Crippen LogP contribution in [-0.4, -0.2) is 40.7 Å². The number of hydrogen-bond acceptors (Lipinski definition) is 4. The molecular weight excluding hydrogens is 348 g/mol. The maximum Gasteiger partial charge on any atom is 0.262 e. The van der Waals surface area contributed by atoms with Crippen molar-refractivity contribution in [2.45, 2.75) is 19.0 Å². The van der Waals surface area contributed by atoms with E-state index >= 15 is 0 Å². The van der Waals surface area contributed by atoms with Crippen molar-refractivity contribution in [3.05, 3.63) is 71.3 Å². The van der Waals surface area contributed by atoms with Gasteiger partial charge in [0.2, 0.25) is 5.91 Å². The van der Waals surface area contributed by atoms with Crippen LogP contribution >= 0.6 is 11.8 Å². The molecule has 2 aromatic rings. The molecule has 1 heterocycles. The Hall–Kier alpha value is -2.60. The van der Waals surface area contributed by atoms with Gasteiger partial charge in [0.1, 0.15) is 6.04 Å². The standard InChI is InChI=1S/C20H20N2O3S/c1-26-12-11-17(18(23)21-13-14-7-3-2-4-8-14)22-19(24)15-9-5-6-10-16(15)20(22)25/h2-10,17H,11-13H2,1H3,(H,21,23)/t17-/m0/s1. The van der Waals surface area contributed by atoms with Gasteiger partial charge in [0.25, 0.3) is 11.8 Å². The molecule has 5 nitrogen and oxygen atoms in total. The van der Waals surface area contributed by atoms with E-state index in [1.54, 1.807) is 36.0 Å². The van der Waals surface area contributed by atoms with Crippen molar-refractivity contribution in [3.63, 3.8) is 0 Å². The third-order valence-electron chi connectivity index (χ3n) is 4.34. The minimum Gasteiger partial charge on any atom is -0.350 e. The number of nitrogens with zero attached hydrogens (tertiary/aromatic N) is 1. The largest absolute Gasteiger partial charge is 0.350 e. The van der Waals surface area contributed by atoms with E-state index in [0.717, 1.165) is 10.5 Å². The van der Waals surface area contributed by atoms with Crippen molar-refractivity contribution in [1.29, 1.82) is 0 Å². The molecule has 0 fully saturated rings. The summed E-state index contributed by atoms with van der Waals surface area (Å²) in [4.78, 5) is 39.3. The smallest absolute Gasteiger partial charge is 0.262 e. The zero-order valence-corrected chi connectivity index (χ0v) is 15.3. The van der Waals surface area contributed by atoms with Crippen LogP contribution in [0.5, 0.6) is 0 Å². The van der Waals surface area contributed by atoms with Crippen LogP contribution in [0.15, 0.2) is 54.6 Å². The Morgan fingerprint density at radius 2 is 1.58 bits per heavy atom. The predicted molar refractivity (Wildman–Crippen MR) is 102 cm³/mol. The first-order valence-electron chi connectivity index (χ1n) is 8.41. The van der Waals surface area contributed by atoms with Gasteiger partial charge in [-0.05, 0) is 36.1 Å². The molecule has 0 saturated carbocycles. The van der Waals surface area contributed by atoms with Gasteiger partial charge in [0.05, 0.1) is 11.1 Å². The van der Waals surface area contributed by atoms with E-state index in [1.807, 2.05) is 36.6 Å². The second-order valence-corrected chi connectivity index (χ2v) is 7.01. The highest BCUT2D eigenvalue weighted by molar-refractivity contribution is 7.98. The molecule has 0 spiro atoms. The molecule has 6 heteroatoms. The van der Waals surface area contributed by atoms with Crippen LogP contribution in [0.25, 0.3) is 0 Å². The van der Waals surface area contributed by atoms with Gasteiger partial charge in [-0.15, -0.1) is 0 Å². The highest BCUT2D eigenvalue weighted by Gasteiger charge is 2.42. The molecule has 0 bridgehead atoms. The van der Waals surface area contributed by atoms with E-state index in [4.69, 9.17) is 0 Å². The lowest BCUT2D eigenvalue weighted by molar-refractivity contribution is -0.125. The number of imide groups is 1. The Balaban J connectivity index is 1.79. The molecule has 1 aliphatic rings. The zero-order valence-electron chi connectivity index (χ0n) is 14.5. The summed E-state index contributed by atoms with van der Waals surface area (Å²) in [6.07, 6.45) is 2.36. The number of carbonyl (C=O) groups is 3. The highest BCUT2D eigenvalue weighted by atomic mass is 32.2. The molecule has 0 saturated heterocycles. The van der Waals surface area contributed by atoms with Gasteiger partial charge in [-0.3, -0.25) is 19.3 Å². The molecule has 1 aliphatic heterocycles. The fraction of sp³-hybridized carbons (Fsp3) is 0.250. The number of benzene rings is 2. The molecule has 3 amide bonds. The van der Waals surface area contributed by atoms with Crippen molar-refractivity contribution < 1.29 is 14.4 Å². The van der Waals surface area contributed by atoms with E-state index in [2.05, 4.69) is 5.32 Å². The lowest BCUT2D eigenvalue weighted by atomic mass is 10.1. The van der Waals surface area contributed by atoms with Gasteiger partial charge in [-0.1, -0.05) is 42.5 Å². The van der Waals surface area contributed by atoms with Gasteiger partial charge < -0.3 is 5.32 Å². The first-order chi connectivity index (χ1) is 12.6. The van der Waals surface area contributed by atoms with Crippen molar-refractivity contribution in [3.8, 4) is 0 Å². The quantitative estimate of drug-likeness (QED) is 0.763. The summed E-state index contributed by atoms with van der Waals surface area (Å²) in [6, 6.07) is 15.4. The summed E-state index contributed by atoms with van der Waals surface area (Å²) in [6.45, 7) is 0.360. The maximum atomic E-state index is 12.8. The third kappa shape index (κ3) is 3.65. The van der Waals surface area contributed by atoms with Crippen molar-refractivity contribution in [2.24, 2.45) is 0 Å². The number of rotatable bonds is 7. The third-order valence-corrected chi connectivity index (χ3v) is 4.99. The van der Waals surface area contributed by atoms with Gasteiger partial charge >= 0.3 is 0 Å². The monoisotopic (exact) mass is 368 g/mol. The van der Waals surface area contributed by atoms with E-state index < -0.39 is 17.9 Å². The second-order valence-electron chi connectivity index (χ2n) is 6.03. The van der Waals surface area contributed by atoms with Gasteiger partial charge in [0, 0.05) is 6.54 Å². The summed E-state index contributed by atoms with van der Waals surface area (Å²) < 4.78 is 0. The van der Waals surface area contributed by atoms with Crippen LogP contribution in [0.2, 0.25) is 0 Å². The molecule has 0 unspecified atom stereocenters. The minimum absolute atomic E-state index is 0.308. The van der Waals surface area contributed by atoms with Crippen LogP contribution in [0.1, 0.15) is 32.7 Å². The molecule has 2 aromatic carbocycles. The molecule has 0 radical (unpaired) electrons. The Labute approximate surface area is 156 Å². The Bertz CT molecular complexity index is 788. The molecule has 3 rings (SSSR count). The fourth-order valence-electron chi connectivity index (χ4n) is 3.00. The van der Waals surface area contributed by atoms with E-state index in [-0.39, 0.29) is 5.91 Å². The number of thioether (sulfide) groups is 1. The van der Waals surface area contributed by atoms with Crippen molar-refractivity contribution in [2.75, 3.05) is 12.0 Å². The number of carbonyl (C=O) groups excluding carboxylic acids is 3. The molecule has 1 N–H and O–H groups in total. The van der Waals surface area contributed by atoms with Gasteiger partial charge in [-0.2, -0.15) is 11.8 Å². The second kappa shape index (κ2) is 8.19. The number of fused-ring (bicyclic) bond motifs is 1. The highest BCUT2D eigenvalue weighted by Crippen LogP contribution is 2.26. The van der Waals surface area contributed by atoms with Crippen LogP contribution < -0.4 is 5.32 Å². The Morgan fingerprint density at radius 1 is 1.00 bits per heavy atom. The molecular formula is C20H20N2O3S. The SMILES string of the molecule is CSCC[C@@H](C(=O)NCc1ccccc1)N1C(=O)c2ccccc2C1=O. The summed E-state index contributed by atoms with van der Waals surface area (Å²) in [5, 5.41) is 2.86. The fourth-order valence-corrected chi connectivity index (χ4v) is 3.46. The lowest BCUT2D eigenvalue weighted by Crippen LogP contribution is -2.49. The summed E-state index contributed by atoms with van der Waals surface area (Å²) in [7, 11) is 0. The molecule has 1 atom stereocenters. The summed E-state index contributed by atoms with van der Waals surface area (Å²) in [5.74, 6) is -0.424. The molecule has 26 heavy (non-hydrogen) atoms. The topological polar surface area (TPSA) is 66.5 Å². The number of hydrogen-bond donors (Lipinski definition) is 1. The van der Waals surface area contributed by atoms with Crippen molar-refractivity contribution in [1.82, 2.24) is 10.2 Å². The first-order valence-corrected chi connectivity index (χ1v) is 9.80. The van der Waals surface area contributed by atoms with E-state index in [9.17, 15) is 14.4 Å². The summed E-state index contributed by atoms with van der Waals surface area (Å²) >= 11 is 1.58. The zero-order chi connectivity index (χ0) is 18.5. The van der Waals surface area contributed by atoms with Crippen molar-refractivity contribution >= 4 is 29.5 Å². The number of nitrogens with one attached hydrogen (secondary N) is 1. The molecule has 0 aliphatic carbocycles. The van der Waals surface area contributed by atoms with Crippen LogP contribution in [0.4, 0.5) is 0 Å². The normalized spacial score (nSPS) is 14.3. The molecule has 134 valence electrons. The predicted octanol–water partition coefficient (Wildman–Crippen LogP) is 2.72. The van der Waals surface area contributed by atoms with Gasteiger partial charge in [0.15, 0.2) is 0 Å². The maximum absolute atomic E-state index is 12.8.